The van der Waals surface area contributed by atoms with E-state index in [4.69, 9.17) is 13.9 Å². The predicted molar refractivity (Wildman–Crippen MR) is 157 cm³/mol. The molecule has 0 amide bonds. The van der Waals surface area contributed by atoms with E-state index in [1.54, 1.807) is 26.2 Å². The Morgan fingerprint density at radius 3 is 2.03 bits per heavy atom. The summed E-state index contributed by atoms with van der Waals surface area (Å²) in [4.78, 5) is 26.4. The smallest absolute Gasteiger partial charge is 0.329 e. The number of hydrogen-bond donors (Lipinski definition) is 0. The predicted octanol–water partition coefficient (Wildman–Crippen LogP) is 7.56. The summed E-state index contributed by atoms with van der Waals surface area (Å²) in [6.07, 6.45) is 2.45. The Morgan fingerprint density at radius 1 is 1.00 bits per heavy atom. The fraction of sp³-hybridized carbons (Fsp3) is 0.500. The van der Waals surface area contributed by atoms with Crippen molar-refractivity contribution in [2.24, 2.45) is 0 Å². The molecule has 1 heterocycles. The number of esters is 1. The first-order chi connectivity index (χ1) is 18.5. The summed E-state index contributed by atoms with van der Waals surface area (Å²) in [5.74, 6) is 1.15. The lowest BCUT2D eigenvalue weighted by molar-refractivity contribution is -0.384. The number of anilines is 1. The first-order valence-corrected chi connectivity index (χ1v) is 15.8. The molecule has 0 saturated carbocycles. The molecule has 39 heavy (non-hydrogen) atoms. The van der Waals surface area contributed by atoms with Gasteiger partial charge in [-0.3, -0.25) is 10.1 Å². The normalized spacial score (nSPS) is 17.8. The molecule has 1 aliphatic heterocycles. The summed E-state index contributed by atoms with van der Waals surface area (Å²) >= 11 is 0. The van der Waals surface area contributed by atoms with Crippen molar-refractivity contribution in [3.05, 3.63) is 76.0 Å². The van der Waals surface area contributed by atoms with Crippen LogP contribution in [0.3, 0.4) is 0 Å². The zero-order chi connectivity index (χ0) is 28.9. The van der Waals surface area contributed by atoms with E-state index in [1.165, 1.54) is 12.1 Å². The molecule has 9 heteroatoms. The van der Waals surface area contributed by atoms with Gasteiger partial charge < -0.3 is 18.8 Å². The average Bonchev–Trinajstić information content (AvgIpc) is 2.90. The maximum atomic E-state index is 13.5. The molecule has 0 N–H and O–H groups in total. The molecule has 0 unspecified atom stereocenters. The van der Waals surface area contributed by atoms with E-state index in [1.807, 2.05) is 29.2 Å². The second-order valence-corrected chi connectivity index (χ2v) is 16.3. The number of nitro groups is 1. The Bertz CT molecular complexity index is 1140. The van der Waals surface area contributed by atoms with E-state index in [9.17, 15) is 14.9 Å². The van der Waals surface area contributed by atoms with E-state index in [0.29, 0.717) is 28.8 Å². The zero-order valence-corrected chi connectivity index (χ0v) is 25.3. The molecule has 8 nitrogen and oxygen atoms in total. The first-order valence-electron chi connectivity index (χ1n) is 13.7. The SMILES string of the molecule is CCOC(=O)[C@@H]1CC(O[Si](C(C)C)(C(C)C)C(C)C)=C[C@@H](c2ccc([N+](=O)[O-])cc2)N1c1ccc(OC)cc1. The van der Waals surface area contributed by atoms with E-state index in [-0.39, 0.29) is 18.3 Å². The van der Waals surface area contributed by atoms with Crippen molar-refractivity contribution in [3.8, 4) is 5.75 Å². The van der Waals surface area contributed by atoms with Crippen LogP contribution in [0.25, 0.3) is 0 Å². The first kappa shape index (κ1) is 30.2. The molecule has 3 rings (SSSR count). The summed E-state index contributed by atoms with van der Waals surface area (Å²) in [6, 6.07) is 13.0. The van der Waals surface area contributed by atoms with Gasteiger partial charge in [-0.15, -0.1) is 0 Å². The van der Waals surface area contributed by atoms with Gasteiger partial charge in [0, 0.05) is 24.2 Å². The Morgan fingerprint density at radius 2 is 1.56 bits per heavy atom. The summed E-state index contributed by atoms with van der Waals surface area (Å²) in [5, 5.41) is 11.3. The lowest BCUT2D eigenvalue weighted by Crippen LogP contribution is -2.51. The lowest BCUT2D eigenvalue weighted by Gasteiger charge is -2.47. The van der Waals surface area contributed by atoms with Crippen molar-refractivity contribution < 1.29 is 23.6 Å². The molecule has 0 saturated heterocycles. The average molecular weight is 555 g/mol. The number of hydrogen-bond acceptors (Lipinski definition) is 7. The van der Waals surface area contributed by atoms with Crippen LogP contribution >= 0.6 is 0 Å². The number of carbonyl (C=O) groups excluding carboxylic acids is 1. The Kier molecular flexibility index (Phi) is 9.82. The number of carbonyl (C=O) groups is 1. The van der Waals surface area contributed by atoms with Crippen LogP contribution in [0.4, 0.5) is 11.4 Å². The summed E-state index contributed by atoms with van der Waals surface area (Å²) in [6.45, 7) is 15.5. The fourth-order valence-corrected chi connectivity index (χ4v) is 11.4. The molecule has 0 bridgehead atoms. The minimum Gasteiger partial charge on any atom is -0.546 e. The topological polar surface area (TPSA) is 91.1 Å². The summed E-state index contributed by atoms with van der Waals surface area (Å²) in [5.41, 5.74) is 2.72. The molecular weight excluding hydrogens is 512 g/mol. The number of ether oxygens (including phenoxy) is 2. The third kappa shape index (κ3) is 6.29. The highest BCUT2D eigenvalue weighted by Gasteiger charge is 2.49. The van der Waals surface area contributed by atoms with Crippen LogP contribution in [-0.4, -0.2) is 39.0 Å². The van der Waals surface area contributed by atoms with Gasteiger partial charge in [0.15, 0.2) is 0 Å². The molecular formula is C30H42N2O6Si. The van der Waals surface area contributed by atoms with Gasteiger partial charge in [0.25, 0.3) is 14.0 Å². The van der Waals surface area contributed by atoms with Crippen LogP contribution in [0.1, 0.15) is 66.5 Å². The van der Waals surface area contributed by atoms with E-state index < -0.39 is 25.3 Å². The number of rotatable bonds is 11. The third-order valence-electron chi connectivity index (χ3n) is 7.76. The standard InChI is InChI=1S/C30H42N2O6Si/c1-9-37-30(33)29-19-27(38-39(20(2)3,21(4)5)22(6)7)18-28(23-10-12-25(13-11-23)32(34)35)31(29)24-14-16-26(36-8)17-15-24/h10-18,20-22,28-29H,9,19H2,1-8H3/t28-,29-/m0/s1. The van der Waals surface area contributed by atoms with Gasteiger partial charge in [-0.2, -0.15) is 0 Å². The minimum absolute atomic E-state index is 0.0128. The van der Waals surface area contributed by atoms with Gasteiger partial charge in [-0.05, 0) is 71.6 Å². The van der Waals surface area contributed by atoms with Crippen LogP contribution in [-0.2, 0) is 14.0 Å². The Labute approximate surface area is 233 Å². The van der Waals surface area contributed by atoms with Crippen molar-refractivity contribution in [2.75, 3.05) is 18.6 Å². The number of benzene rings is 2. The minimum atomic E-state index is -2.31. The molecule has 0 radical (unpaired) electrons. The molecule has 2 atom stereocenters. The van der Waals surface area contributed by atoms with E-state index >= 15 is 0 Å². The lowest BCUT2D eigenvalue weighted by atomic mass is 9.94. The van der Waals surface area contributed by atoms with Gasteiger partial charge in [0.1, 0.15) is 11.8 Å². The van der Waals surface area contributed by atoms with Gasteiger partial charge in [0.05, 0.1) is 30.4 Å². The molecule has 0 spiro atoms. The largest absolute Gasteiger partial charge is 0.546 e. The maximum absolute atomic E-state index is 13.5. The zero-order valence-electron chi connectivity index (χ0n) is 24.3. The van der Waals surface area contributed by atoms with E-state index in [0.717, 1.165) is 17.0 Å². The molecule has 0 fully saturated rings. The van der Waals surface area contributed by atoms with Crippen LogP contribution in [0.2, 0.25) is 16.6 Å². The van der Waals surface area contributed by atoms with Gasteiger partial charge in [0.2, 0.25) is 0 Å². The molecule has 0 aliphatic carbocycles. The van der Waals surface area contributed by atoms with Crippen molar-refractivity contribution in [1.29, 1.82) is 0 Å². The Hall–Kier alpha value is -3.33. The van der Waals surface area contributed by atoms with Crippen LogP contribution < -0.4 is 9.64 Å². The molecule has 2 aromatic carbocycles. The van der Waals surface area contributed by atoms with Crippen LogP contribution in [0, 0.1) is 10.1 Å². The van der Waals surface area contributed by atoms with Crippen LogP contribution in [0.15, 0.2) is 60.4 Å². The highest BCUT2D eigenvalue weighted by molar-refractivity contribution is 6.77. The summed E-state index contributed by atoms with van der Waals surface area (Å²) in [7, 11) is -0.702. The van der Waals surface area contributed by atoms with Crippen molar-refractivity contribution in [1.82, 2.24) is 0 Å². The second kappa shape index (κ2) is 12.7. The monoisotopic (exact) mass is 554 g/mol. The van der Waals surface area contributed by atoms with Gasteiger partial charge in [-0.25, -0.2) is 4.79 Å². The second-order valence-electron chi connectivity index (χ2n) is 10.9. The Balaban J connectivity index is 2.21. The highest BCUT2D eigenvalue weighted by Crippen LogP contribution is 2.46. The molecule has 2 aromatic rings. The van der Waals surface area contributed by atoms with Crippen molar-refractivity contribution in [3.63, 3.8) is 0 Å². The number of methoxy groups -OCH3 is 1. The molecule has 212 valence electrons. The number of nitrogens with zero attached hydrogens (tertiary/aromatic N) is 2. The molecule has 0 aromatic heterocycles. The van der Waals surface area contributed by atoms with E-state index in [2.05, 4.69) is 47.6 Å². The number of nitro benzene ring substituents is 1. The quantitative estimate of drug-likeness (QED) is 0.122. The summed E-state index contributed by atoms with van der Waals surface area (Å²) < 4.78 is 18.0. The third-order valence-corrected chi connectivity index (χ3v) is 13.8. The van der Waals surface area contributed by atoms with Gasteiger partial charge >= 0.3 is 5.97 Å². The van der Waals surface area contributed by atoms with Crippen molar-refractivity contribution >= 4 is 25.7 Å². The number of non-ortho nitro benzene ring substituents is 1. The van der Waals surface area contributed by atoms with Gasteiger partial charge in [-0.1, -0.05) is 41.5 Å². The highest BCUT2D eigenvalue weighted by atomic mass is 28.4. The fourth-order valence-electron chi connectivity index (χ4n) is 6.04. The maximum Gasteiger partial charge on any atom is 0.329 e. The molecule has 1 aliphatic rings. The van der Waals surface area contributed by atoms with Crippen molar-refractivity contribution in [2.45, 2.75) is 83.6 Å². The van der Waals surface area contributed by atoms with Crippen LogP contribution in [0.5, 0.6) is 5.75 Å².